The van der Waals surface area contributed by atoms with Crippen LogP contribution >= 0.6 is 0 Å². The molecule has 1 unspecified atom stereocenters. The minimum Gasteiger partial charge on any atom is -0.496 e. The van der Waals surface area contributed by atoms with E-state index in [0.717, 1.165) is 38.2 Å². The number of aliphatic carboxylic acids is 1. The van der Waals surface area contributed by atoms with Crippen LogP contribution in [0.4, 0.5) is 0 Å². The molecule has 22 heavy (non-hydrogen) atoms. The number of nitrogens with zero attached hydrogens (tertiary/aromatic N) is 1. The van der Waals surface area contributed by atoms with Gasteiger partial charge in [-0.1, -0.05) is 12.1 Å². The van der Waals surface area contributed by atoms with Gasteiger partial charge in [0.2, 0.25) is 0 Å². The van der Waals surface area contributed by atoms with Gasteiger partial charge in [0, 0.05) is 12.1 Å². The molecule has 1 aromatic carbocycles. The lowest BCUT2D eigenvalue weighted by molar-refractivity contribution is -0.137. The van der Waals surface area contributed by atoms with Gasteiger partial charge in [0.05, 0.1) is 13.5 Å². The molecule has 120 valence electrons. The van der Waals surface area contributed by atoms with Crippen molar-refractivity contribution < 1.29 is 14.6 Å². The van der Waals surface area contributed by atoms with Gasteiger partial charge >= 0.3 is 5.97 Å². The molecule has 0 spiro atoms. The van der Waals surface area contributed by atoms with Gasteiger partial charge in [-0.3, -0.25) is 9.69 Å². The van der Waals surface area contributed by atoms with E-state index in [0.29, 0.717) is 5.92 Å². The number of hydrogen-bond donors (Lipinski definition) is 1. The highest BCUT2D eigenvalue weighted by Gasteiger charge is 2.34. The molecule has 0 bridgehead atoms. The maximum atomic E-state index is 11.2. The quantitative estimate of drug-likeness (QED) is 0.840. The minimum absolute atomic E-state index is 0.153. The molecule has 1 saturated carbocycles. The van der Waals surface area contributed by atoms with E-state index in [2.05, 4.69) is 17.0 Å². The molecule has 4 nitrogen and oxygen atoms in total. The number of ether oxygens (including phenoxy) is 1. The summed E-state index contributed by atoms with van der Waals surface area (Å²) in [4.78, 5) is 13.6. The Hall–Kier alpha value is -1.55. The summed E-state index contributed by atoms with van der Waals surface area (Å²) < 4.78 is 5.50. The highest BCUT2D eigenvalue weighted by molar-refractivity contribution is 5.68. The molecule has 2 fully saturated rings. The summed E-state index contributed by atoms with van der Waals surface area (Å²) in [5.41, 5.74) is 2.36. The Labute approximate surface area is 132 Å². The minimum atomic E-state index is -0.700. The standard InChI is InChI=1S/C18H25NO3/c1-22-17-7-6-14(16(11-18(20)21)13-4-5-13)10-15(17)12-19-8-2-3-9-19/h6-7,10,13,16H,2-5,8-9,11-12H2,1H3,(H,20,21). The highest BCUT2D eigenvalue weighted by Crippen LogP contribution is 2.45. The van der Waals surface area contributed by atoms with Crippen molar-refractivity contribution in [2.75, 3.05) is 20.2 Å². The highest BCUT2D eigenvalue weighted by atomic mass is 16.5. The summed E-state index contributed by atoms with van der Waals surface area (Å²) in [6.07, 6.45) is 5.09. The van der Waals surface area contributed by atoms with E-state index in [4.69, 9.17) is 4.74 Å². The molecule has 1 aliphatic carbocycles. The summed E-state index contributed by atoms with van der Waals surface area (Å²) in [5.74, 6) is 0.916. The number of carboxylic acids is 1. The van der Waals surface area contributed by atoms with Crippen molar-refractivity contribution in [2.24, 2.45) is 5.92 Å². The first-order valence-electron chi connectivity index (χ1n) is 8.28. The molecule has 1 N–H and O–H groups in total. The fourth-order valence-corrected chi connectivity index (χ4v) is 3.58. The van der Waals surface area contributed by atoms with Gasteiger partial charge in [-0.25, -0.2) is 0 Å². The summed E-state index contributed by atoms with van der Waals surface area (Å²) in [6, 6.07) is 6.25. The van der Waals surface area contributed by atoms with Crippen molar-refractivity contribution in [3.63, 3.8) is 0 Å². The first-order valence-corrected chi connectivity index (χ1v) is 8.28. The Morgan fingerprint density at radius 1 is 1.36 bits per heavy atom. The number of likely N-dealkylation sites (tertiary alicyclic amines) is 1. The van der Waals surface area contributed by atoms with Crippen LogP contribution in [-0.4, -0.2) is 36.2 Å². The summed E-state index contributed by atoms with van der Waals surface area (Å²) >= 11 is 0. The van der Waals surface area contributed by atoms with Gasteiger partial charge in [0.25, 0.3) is 0 Å². The lowest BCUT2D eigenvalue weighted by Gasteiger charge is -2.20. The average Bonchev–Trinajstić information content (AvgIpc) is 3.22. The average molecular weight is 303 g/mol. The van der Waals surface area contributed by atoms with E-state index in [9.17, 15) is 9.90 Å². The molecule has 3 rings (SSSR count). The van der Waals surface area contributed by atoms with Gasteiger partial charge in [-0.15, -0.1) is 0 Å². The number of methoxy groups -OCH3 is 1. The zero-order valence-electron chi connectivity index (χ0n) is 13.3. The molecule has 1 atom stereocenters. The van der Waals surface area contributed by atoms with Crippen molar-refractivity contribution in [1.29, 1.82) is 0 Å². The maximum Gasteiger partial charge on any atom is 0.303 e. The topological polar surface area (TPSA) is 49.8 Å². The number of carboxylic acid groups (broad SMARTS) is 1. The third-order valence-electron chi connectivity index (χ3n) is 4.91. The fraction of sp³-hybridized carbons (Fsp3) is 0.611. The molecule has 0 aromatic heterocycles. The normalized spacial score (nSPS) is 20.0. The zero-order chi connectivity index (χ0) is 15.5. The van der Waals surface area contributed by atoms with Crippen molar-refractivity contribution >= 4 is 5.97 Å². The van der Waals surface area contributed by atoms with Gasteiger partial charge in [0.1, 0.15) is 5.75 Å². The van der Waals surface area contributed by atoms with Crippen LogP contribution < -0.4 is 4.74 Å². The smallest absolute Gasteiger partial charge is 0.303 e. The van der Waals surface area contributed by atoms with E-state index in [1.165, 1.54) is 24.0 Å². The predicted molar refractivity (Wildman–Crippen MR) is 85.2 cm³/mol. The van der Waals surface area contributed by atoms with Gasteiger partial charge < -0.3 is 9.84 Å². The van der Waals surface area contributed by atoms with Crippen LogP contribution in [0.1, 0.15) is 49.1 Å². The maximum absolute atomic E-state index is 11.2. The summed E-state index contributed by atoms with van der Waals surface area (Å²) in [7, 11) is 1.71. The van der Waals surface area contributed by atoms with Gasteiger partial charge in [-0.05, 0) is 62.2 Å². The second-order valence-corrected chi connectivity index (χ2v) is 6.60. The Bertz CT molecular complexity index is 533. The number of hydrogen-bond acceptors (Lipinski definition) is 3. The van der Waals surface area contributed by atoms with Crippen LogP contribution in [0.15, 0.2) is 18.2 Å². The number of rotatable bonds is 7. The molecule has 0 radical (unpaired) electrons. The Morgan fingerprint density at radius 2 is 2.09 bits per heavy atom. The fourth-order valence-electron chi connectivity index (χ4n) is 3.58. The van der Waals surface area contributed by atoms with Gasteiger partial charge in [-0.2, -0.15) is 0 Å². The molecule has 0 amide bonds. The van der Waals surface area contributed by atoms with Crippen LogP contribution in [0.2, 0.25) is 0 Å². The van der Waals surface area contributed by atoms with Crippen molar-refractivity contribution in [1.82, 2.24) is 4.90 Å². The van der Waals surface area contributed by atoms with Crippen molar-refractivity contribution in [3.05, 3.63) is 29.3 Å². The largest absolute Gasteiger partial charge is 0.496 e. The monoisotopic (exact) mass is 303 g/mol. The summed E-state index contributed by atoms with van der Waals surface area (Å²) in [6.45, 7) is 3.20. The number of carbonyl (C=O) groups is 1. The molecular weight excluding hydrogens is 278 g/mol. The van der Waals surface area contributed by atoms with E-state index < -0.39 is 5.97 Å². The second-order valence-electron chi connectivity index (χ2n) is 6.60. The number of benzene rings is 1. The Morgan fingerprint density at radius 3 is 2.68 bits per heavy atom. The first-order chi connectivity index (χ1) is 10.7. The third kappa shape index (κ3) is 3.61. The molecular formula is C18H25NO3. The lowest BCUT2D eigenvalue weighted by atomic mass is 9.89. The Balaban J connectivity index is 1.82. The summed E-state index contributed by atoms with van der Waals surface area (Å²) in [5, 5.41) is 9.19. The predicted octanol–water partition coefficient (Wildman–Crippen LogP) is 3.26. The first kappa shape index (κ1) is 15.3. The van der Waals surface area contributed by atoms with Crippen LogP contribution in [-0.2, 0) is 11.3 Å². The molecule has 2 aliphatic rings. The van der Waals surface area contributed by atoms with Crippen molar-refractivity contribution in [3.8, 4) is 5.75 Å². The van der Waals surface area contributed by atoms with Crippen LogP contribution in [0.5, 0.6) is 5.75 Å². The SMILES string of the molecule is COc1ccc(C(CC(=O)O)C2CC2)cc1CN1CCCC1. The van der Waals surface area contributed by atoms with Crippen LogP contribution in [0, 0.1) is 5.92 Å². The van der Waals surface area contributed by atoms with E-state index >= 15 is 0 Å². The molecule has 4 heteroatoms. The Kier molecular flexibility index (Phi) is 4.67. The van der Waals surface area contributed by atoms with Crippen LogP contribution in [0.3, 0.4) is 0 Å². The third-order valence-corrected chi connectivity index (χ3v) is 4.91. The van der Waals surface area contributed by atoms with Crippen molar-refractivity contribution in [2.45, 2.75) is 44.6 Å². The van der Waals surface area contributed by atoms with Crippen LogP contribution in [0.25, 0.3) is 0 Å². The second kappa shape index (κ2) is 6.69. The molecule has 1 aromatic rings. The lowest BCUT2D eigenvalue weighted by Crippen LogP contribution is -2.19. The van der Waals surface area contributed by atoms with Gasteiger partial charge in [0.15, 0.2) is 0 Å². The molecule has 1 saturated heterocycles. The van der Waals surface area contributed by atoms with E-state index in [1.54, 1.807) is 7.11 Å². The van der Waals surface area contributed by atoms with E-state index in [-0.39, 0.29) is 12.3 Å². The molecule has 1 heterocycles. The molecule has 1 aliphatic heterocycles. The zero-order valence-corrected chi connectivity index (χ0v) is 13.3. The van der Waals surface area contributed by atoms with E-state index in [1.807, 2.05) is 6.07 Å².